The van der Waals surface area contributed by atoms with Crippen LogP contribution in [0.1, 0.15) is 5.56 Å². The minimum absolute atomic E-state index is 0.206. The first-order valence-electron chi connectivity index (χ1n) is 7.69. The van der Waals surface area contributed by atoms with E-state index in [1.54, 1.807) is 12.1 Å². The van der Waals surface area contributed by atoms with Crippen LogP contribution in [0.25, 0.3) is 0 Å². The van der Waals surface area contributed by atoms with Gasteiger partial charge in [0.2, 0.25) is 0 Å². The first-order valence-corrected chi connectivity index (χ1v) is 8.48. The number of hydrogen-bond acceptors (Lipinski definition) is 4. The van der Waals surface area contributed by atoms with Crippen molar-refractivity contribution in [2.45, 2.75) is 6.54 Å². The Balaban J connectivity index is 1.60. The normalized spacial score (nSPS) is 15.7. The van der Waals surface area contributed by atoms with Crippen LogP contribution >= 0.6 is 15.9 Å². The van der Waals surface area contributed by atoms with Crippen LogP contribution < -0.4 is 10.2 Å². The van der Waals surface area contributed by atoms with Crippen LogP contribution in [0.2, 0.25) is 0 Å². The van der Waals surface area contributed by atoms with Gasteiger partial charge in [-0.3, -0.25) is 0 Å². The molecule has 2 heterocycles. The fraction of sp³-hybridized carbons (Fsp3) is 0.353. The van der Waals surface area contributed by atoms with Crippen LogP contribution in [0, 0.1) is 5.82 Å². The van der Waals surface area contributed by atoms with Crippen molar-refractivity contribution in [3.8, 4) is 0 Å². The zero-order valence-corrected chi connectivity index (χ0v) is 14.7. The highest BCUT2D eigenvalue weighted by Crippen LogP contribution is 2.19. The minimum Gasteiger partial charge on any atom is -0.380 e. The molecule has 1 aromatic carbocycles. The van der Waals surface area contributed by atoms with Gasteiger partial charge in [0.05, 0.1) is 11.9 Å². The Bertz CT molecular complexity index is 654. The van der Waals surface area contributed by atoms with Crippen LogP contribution in [-0.4, -0.2) is 43.1 Å². The summed E-state index contributed by atoms with van der Waals surface area (Å²) in [6.07, 6.45) is 1.81. The lowest BCUT2D eigenvalue weighted by atomic mass is 10.2. The maximum atomic E-state index is 13.7. The molecule has 0 saturated carbocycles. The second-order valence-electron chi connectivity index (χ2n) is 5.78. The summed E-state index contributed by atoms with van der Waals surface area (Å²) in [6, 6.07) is 8.97. The van der Waals surface area contributed by atoms with Crippen molar-refractivity contribution in [1.82, 2.24) is 9.88 Å². The fourth-order valence-corrected chi connectivity index (χ4v) is 3.00. The summed E-state index contributed by atoms with van der Waals surface area (Å²) in [5.41, 5.74) is 1.52. The van der Waals surface area contributed by atoms with Gasteiger partial charge in [-0.15, -0.1) is 0 Å². The maximum absolute atomic E-state index is 13.7. The molecule has 1 fully saturated rings. The van der Waals surface area contributed by atoms with E-state index in [1.807, 2.05) is 18.3 Å². The van der Waals surface area contributed by atoms with Crippen molar-refractivity contribution in [3.63, 3.8) is 0 Å². The van der Waals surface area contributed by atoms with Gasteiger partial charge in [-0.05, 0) is 37.4 Å². The summed E-state index contributed by atoms with van der Waals surface area (Å²) in [4.78, 5) is 9.13. The zero-order chi connectivity index (χ0) is 16.2. The molecule has 2 aromatic rings. The van der Waals surface area contributed by atoms with Crippen LogP contribution in [0.15, 0.2) is 41.0 Å². The number of likely N-dealkylation sites (N-methyl/N-ethyl adjacent to an activating group) is 1. The largest absolute Gasteiger partial charge is 0.380 e. The highest BCUT2D eigenvalue weighted by Gasteiger charge is 2.14. The van der Waals surface area contributed by atoms with Crippen LogP contribution in [0.4, 0.5) is 15.9 Å². The monoisotopic (exact) mass is 378 g/mol. The van der Waals surface area contributed by atoms with Gasteiger partial charge in [0, 0.05) is 42.8 Å². The molecular formula is C17H20BrFN4. The molecule has 3 rings (SSSR count). The highest BCUT2D eigenvalue weighted by molar-refractivity contribution is 9.10. The molecule has 0 bridgehead atoms. The minimum atomic E-state index is -0.206. The van der Waals surface area contributed by atoms with Gasteiger partial charge < -0.3 is 15.1 Å². The van der Waals surface area contributed by atoms with Gasteiger partial charge >= 0.3 is 0 Å². The van der Waals surface area contributed by atoms with Gasteiger partial charge in [0.15, 0.2) is 0 Å². The number of rotatable bonds is 4. The molecule has 1 N–H and O–H groups in total. The Morgan fingerprint density at radius 3 is 2.65 bits per heavy atom. The number of benzene rings is 1. The van der Waals surface area contributed by atoms with E-state index in [0.29, 0.717) is 12.1 Å². The second kappa shape index (κ2) is 7.27. The first-order chi connectivity index (χ1) is 11.1. The van der Waals surface area contributed by atoms with Gasteiger partial charge in [-0.1, -0.05) is 15.9 Å². The van der Waals surface area contributed by atoms with Gasteiger partial charge in [0.25, 0.3) is 0 Å². The predicted octanol–water partition coefficient (Wildman–Crippen LogP) is 3.35. The Hall–Kier alpha value is -1.66. The average molecular weight is 379 g/mol. The molecule has 0 radical (unpaired) electrons. The third-order valence-electron chi connectivity index (χ3n) is 4.07. The molecule has 1 saturated heterocycles. The first kappa shape index (κ1) is 16.2. The van der Waals surface area contributed by atoms with Gasteiger partial charge in [-0.25, -0.2) is 9.37 Å². The van der Waals surface area contributed by atoms with E-state index in [1.165, 1.54) is 6.07 Å². The van der Waals surface area contributed by atoms with E-state index < -0.39 is 0 Å². The molecule has 0 amide bonds. The number of anilines is 2. The molecule has 23 heavy (non-hydrogen) atoms. The molecule has 0 atom stereocenters. The number of aromatic nitrogens is 1. The molecule has 0 unspecified atom stereocenters. The lowest BCUT2D eigenvalue weighted by Crippen LogP contribution is -2.44. The molecule has 1 aliphatic rings. The molecule has 122 valence electrons. The van der Waals surface area contributed by atoms with Gasteiger partial charge in [0.1, 0.15) is 11.6 Å². The van der Waals surface area contributed by atoms with E-state index in [9.17, 15) is 4.39 Å². The van der Waals surface area contributed by atoms with E-state index in [2.05, 4.69) is 43.1 Å². The standard InChI is InChI=1S/C17H20BrFN4/c1-22-6-8-23(9-7-22)17-5-3-15(12-21-17)20-11-13-10-14(18)2-4-16(13)19/h2-5,10,12,20H,6-9,11H2,1H3. The van der Waals surface area contributed by atoms with Crippen molar-refractivity contribution in [1.29, 1.82) is 0 Å². The SMILES string of the molecule is CN1CCN(c2ccc(NCc3cc(Br)ccc3F)cn2)CC1. The molecule has 1 aliphatic heterocycles. The number of pyridine rings is 1. The Kier molecular flexibility index (Phi) is 5.13. The third kappa shape index (κ3) is 4.20. The zero-order valence-electron chi connectivity index (χ0n) is 13.1. The van der Waals surface area contributed by atoms with Gasteiger partial charge in [-0.2, -0.15) is 0 Å². The number of nitrogens with one attached hydrogen (secondary N) is 1. The summed E-state index contributed by atoms with van der Waals surface area (Å²) < 4.78 is 14.6. The number of nitrogens with zero attached hydrogens (tertiary/aromatic N) is 3. The summed E-state index contributed by atoms with van der Waals surface area (Å²) in [5.74, 6) is 0.792. The number of hydrogen-bond donors (Lipinski definition) is 1. The number of piperazine rings is 1. The quantitative estimate of drug-likeness (QED) is 0.883. The average Bonchev–Trinajstić information content (AvgIpc) is 2.57. The van der Waals surface area contributed by atoms with Crippen LogP contribution in [-0.2, 0) is 6.54 Å². The summed E-state index contributed by atoms with van der Waals surface area (Å²) in [6.45, 7) is 4.55. The smallest absolute Gasteiger partial charge is 0.128 e. The summed E-state index contributed by atoms with van der Waals surface area (Å²) in [5, 5.41) is 3.22. The van der Waals surface area contributed by atoms with Crippen molar-refractivity contribution >= 4 is 27.4 Å². The molecular weight excluding hydrogens is 359 g/mol. The summed E-state index contributed by atoms with van der Waals surface area (Å²) in [7, 11) is 2.14. The lowest BCUT2D eigenvalue weighted by Gasteiger charge is -2.33. The lowest BCUT2D eigenvalue weighted by molar-refractivity contribution is 0.312. The van der Waals surface area contributed by atoms with Crippen molar-refractivity contribution in [2.24, 2.45) is 0 Å². The Labute approximate surface area is 144 Å². The third-order valence-corrected chi connectivity index (χ3v) is 4.56. The molecule has 6 heteroatoms. The van der Waals surface area contributed by atoms with Crippen LogP contribution in [0.5, 0.6) is 0 Å². The van der Waals surface area contributed by atoms with Crippen molar-refractivity contribution in [2.75, 3.05) is 43.4 Å². The van der Waals surface area contributed by atoms with E-state index in [4.69, 9.17) is 0 Å². The van der Waals surface area contributed by atoms with E-state index >= 15 is 0 Å². The Morgan fingerprint density at radius 1 is 1.17 bits per heavy atom. The molecule has 1 aromatic heterocycles. The molecule has 0 spiro atoms. The number of halogens is 2. The Morgan fingerprint density at radius 2 is 1.96 bits per heavy atom. The summed E-state index contributed by atoms with van der Waals surface area (Å²) >= 11 is 3.36. The topological polar surface area (TPSA) is 31.4 Å². The van der Waals surface area contributed by atoms with Crippen LogP contribution in [0.3, 0.4) is 0 Å². The van der Waals surface area contributed by atoms with E-state index in [-0.39, 0.29) is 5.82 Å². The molecule has 0 aliphatic carbocycles. The predicted molar refractivity (Wildman–Crippen MR) is 95.4 cm³/mol. The van der Waals surface area contributed by atoms with Crippen molar-refractivity contribution < 1.29 is 4.39 Å². The molecule has 4 nitrogen and oxygen atoms in total. The second-order valence-corrected chi connectivity index (χ2v) is 6.70. The maximum Gasteiger partial charge on any atom is 0.128 e. The fourth-order valence-electron chi connectivity index (χ4n) is 2.59. The van der Waals surface area contributed by atoms with E-state index in [0.717, 1.165) is 42.2 Å². The highest BCUT2D eigenvalue weighted by atomic mass is 79.9. The van der Waals surface area contributed by atoms with Crippen molar-refractivity contribution in [3.05, 3.63) is 52.4 Å².